The zero-order valence-corrected chi connectivity index (χ0v) is 13.5. The van der Waals surface area contributed by atoms with Crippen molar-refractivity contribution < 1.29 is 18.4 Å². The molecule has 0 saturated carbocycles. The predicted octanol–water partition coefficient (Wildman–Crippen LogP) is 4.54. The minimum absolute atomic E-state index is 0.104. The molecule has 0 aliphatic carbocycles. The summed E-state index contributed by atoms with van der Waals surface area (Å²) in [6.45, 7) is -0.216. The minimum Gasteiger partial charge on any atom is -0.452 e. The number of rotatable bonds is 4. The Balaban J connectivity index is 1.67. The van der Waals surface area contributed by atoms with Crippen molar-refractivity contribution in [1.29, 1.82) is 0 Å². The number of hydrogen-bond donors (Lipinski definition) is 0. The summed E-state index contributed by atoms with van der Waals surface area (Å²) < 4.78 is 23.0. The highest BCUT2D eigenvalue weighted by atomic mass is 35.5. The van der Waals surface area contributed by atoms with Gasteiger partial charge in [-0.15, -0.1) is 0 Å². The molecule has 8 heteroatoms. The quantitative estimate of drug-likeness (QED) is 0.634. The summed E-state index contributed by atoms with van der Waals surface area (Å²) >= 11 is 11.7. The maximum Gasteiger partial charge on any atom is 0.340 e. The van der Waals surface area contributed by atoms with Gasteiger partial charge in [-0.2, -0.15) is 4.98 Å². The Morgan fingerprint density at radius 3 is 2.62 bits per heavy atom. The van der Waals surface area contributed by atoms with Gasteiger partial charge in [0.2, 0.25) is 5.82 Å². The van der Waals surface area contributed by atoms with Crippen LogP contribution in [0, 0.1) is 5.82 Å². The molecule has 1 aromatic heterocycles. The molecule has 24 heavy (non-hydrogen) atoms. The van der Waals surface area contributed by atoms with E-state index in [4.69, 9.17) is 32.5 Å². The molecule has 0 radical (unpaired) electrons. The van der Waals surface area contributed by atoms with Gasteiger partial charge in [0.15, 0.2) is 6.61 Å². The third-order valence-electron chi connectivity index (χ3n) is 3.05. The second-order valence-corrected chi connectivity index (χ2v) is 5.56. The zero-order chi connectivity index (χ0) is 17.1. The lowest BCUT2D eigenvalue weighted by molar-refractivity contribution is 0.0430. The molecule has 1 heterocycles. The van der Waals surface area contributed by atoms with E-state index in [-0.39, 0.29) is 34.7 Å². The Hall–Kier alpha value is -2.44. The third-order valence-corrected chi connectivity index (χ3v) is 3.60. The molecule has 0 saturated heterocycles. The second-order valence-electron chi connectivity index (χ2n) is 4.72. The van der Waals surface area contributed by atoms with Crippen molar-refractivity contribution in [3.63, 3.8) is 0 Å². The summed E-state index contributed by atoms with van der Waals surface area (Å²) in [5.74, 6) is -0.632. The predicted molar refractivity (Wildman–Crippen MR) is 85.3 cm³/mol. The maximum absolute atomic E-state index is 12.9. The normalized spacial score (nSPS) is 10.6. The van der Waals surface area contributed by atoms with Gasteiger partial charge in [0.05, 0.1) is 10.6 Å². The van der Waals surface area contributed by atoms with Crippen molar-refractivity contribution in [3.05, 3.63) is 69.8 Å². The SMILES string of the molecule is O=C(OCc1nc(-c2ccc(F)cc2)no1)c1ccc(Cl)cc1Cl. The van der Waals surface area contributed by atoms with E-state index in [1.54, 1.807) is 0 Å². The number of esters is 1. The highest BCUT2D eigenvalue weighted by molar-refractivity contribution is 6.36. The number of hydrogen-bond acceptors (Lipinski definition) is 5. The molecular weight excluding hydrogens is 358 g/mol. The van der Waals surface area contributed by atoms with Crippen LogP contribution in [0.4, 0.5) is 4.39 Å². The number of nitrogens with zero attached hydrogens (tertiary/aromatic N) is 2. The standard InChI is InChI=1S/C16H9Cl2FN2O3/c17-10-3-6-12(13(18)7-10)16(22)23-8-14-20-15(21-24-14)9-1-4-11(19)5-2-9/h1-7H,8H2. The first kappa shape index (κ1) is 16.4. The lowest BCUT2D eigenvalue weighted by atomic mass is 10.2. The maximum atomic E-state index is 12.9. The highest BCUT2D eigenvalue weighted by Gasteiger charge is 2.15. The van der Waals surface area contributed by atoms with Crippen LogP contribution in [0.1, 0.15) is 16.2 Å². The van der Waals surface area contributed by atoms with Gasteiger partial charge in [-0.3, -0.25) is 0 Å². The molecule has 0 aliphatic rings. The fourth-order valence-electron chi connectivity index (χ4n) is 1.89. The van der Waals surface area contributed by atoms with Crippen LogP contribution >= 0.6 is 23.2 Å². The molecule has 0 N–H and O–H groups in total. The van der Waals surface area contributed by atoms with Crippen LogP contribution in [-0.2, 0) is 11.3 Å². The number of carbonyl (C=O) groups excluding carboxylic acids is 1. The van der Waals surface area contributed by atoms with E-state index >= 15 is 0 Å². The molecule has 0 unspecified atom stereocenters. The summed E-state index contributed by atoms with van der Waals surface area (Å²) in [4.78, 5) is 16.1. The van der Waals surface area contributed by atoms with Gasteiger partial charge >= 0.3 is 5.97 Å². The first-order valence-corrected chi connectivity index (χ1v) is 7.49. The van der Waals surface area contributed by atoms with E-state index in [2.05, 4.69) is 10.1 Å². The molecule has 3 rings (SSSR count). The van der Waals surface area contributed by atoms with Gasteiger partial charge < -0.3 is 9.26 Å². The molecule has 122 valence electrons. The van der Waals surface area contributed by atoms with Crippen molar-refractivity contribution >= 4 is 29.2 Å². The van der Waals surface area contributed by atoms with Crippen LogP contribution in [0.25, 0.3) is 11.4 Å². The summed E-state index contributed by atoms with van der Waals surface area (Å²) in [5, 5.41) is 4.35. The van der Waals surface area contributed by atoms with Crippen LogP contribution in [0.15, 0.2) is 47.0 Å². The molecule has 3 aromatic rings. The van der Waals surface area contributed by atoms with Crippen molar-refractivity contribution in [1.82, 2.24) is 10.1 Å². The molecule has 0 aliphatic heterocycles. The van der Waals surface area contributed by atoms with Gasteiger partial charge in [0, 0.05) is 10.6 Å². The summed E-state index contributed by atoms with van der Waals surface area (Å²) in [6, 6.07) is 10.0. The highest BCUT2D eigenvalue weighted by Crippen LogP contribution is 2.22. The molecule has 0 spiro atoms. The van der Waals surface area contributed by atoms with E-state index in [0.29, 0.717) is 10.6 Å². The van der Waals surface area contributed by atoms with E-state index in [1.165, 1.54) is 42.5 Å². The summed E-state index contributed by atoms with van der Waals surface area (Å²) in [7, 11) is 0. The molecule has 5 nitrogen and oxygen atoms in total. The van der Waals surface area contributed by atoms with Gasteiger partial charge in [0.25, 0.3) is 5.89 Å². The van der Waals surface area contributed by atoms with E-state index in [1.807, 2.05) is 0 Å². The van der Waals surface area contributed by atoms with Gasteiger partial charge in [-0.25, -0.2) is 9.18 Å². The van der Waals surface area contributed by atoms with E-state index in [0.717, 1.165) is 0 Å². The van der Waals surface area contributed by atoms with Gasteiger partial charge in [-0.1, -0.05) is 28.4 Å². The number of ether oxygens (including phenoxy) is 1. The van der Waals surface area contributed by atoms with Crippen LogP contribution < -0.4 is 0 Å². The van der Waals surface area contributed by atoms with Crippen LogP contribution in [0.5, 0.6) is 0 Å². The Kier molecular flexibility index (Phi) is 4.78. The van der Waals surface area contributed by atoms with Crippen molar-refractivity contribution in [2.45, 2.75) is 6.61 Å². The number of carbonyl (C=O) groups is 1. The lowest BCUT2D eigenvalue weighted by Crippen LogP contribution is -2.06. The minimum atomic E-state index is -0.641. The average Bonchev–Trinajstić information content (AvgIpc) is 3.02. The fourth-order valence-corrected chi connectivity index (χ4v) is 2.38. The lowest BCUT2D eigenvalue weighted by Gasteiger charge is -2.04. The Morgan fingerprint density at radius 1 is 1.17 bits per heavy atom. The summed E-state index contributed by atoms with van der Waals surface area (Å²) in [6.07, 6.45) is 0. The smallest absolute Gasteiger partial charge is 0.340 e. The van der Waals surface area contributed by atoms with Gasteiger partial charge in [0.1, 0.15) is 5.82 Å². The molecule has 0 fully saturated rings. The summed E-state index contributed by atoms with van der Waals surface area (Å²) in [5.41, 5.74) is 0.762. The Labute approximate surface area is 146 Å². The van der Waals surface area contributed by atoms with E-state index in [9.17, 15) is 9.18 Å². The zero-order valence-electron chi connectivity index (χ0n) is 12.0. The molecule has 0 bridgehead atoms. The molecule has 2 aromatic carbocycles. The molecule has 0 amide bonds. The van der Waals surface area contributed by atoms with Crippen LogP contribution in [-0.4, -0.2) is 16.1 Å². The second kappa shape index (κ2) is 6.98. The Bertz CT molecular complexity index is 881. The number of halogens is 3. The monoisotopic (exact) mass is 366 g/mol. The number of benzene rings is 2. The largest absolute Gasteiger partial charge is 0.452 e. The van der Waals surface area contributed by atoms with E-state index < -0.39 is 5.97 Å². The third kappa shape index (κ3) is 3.72. The van der Waals surface area contributed by atoms with Gasteiger partial charge in [-0.05, 0) is 42.5 Å². The Morgan fingerprint density at radius 2 is 1.92 bits per heavy atom. The van der Waals surface area contributed by atoms with Crippen molar-refractivity contribution in [2.75, 3.05) is 0 Å². The van der Waals surface area contributed by atoms with Crippen molar-refractivity contribution in [3.8, 4) is 11.4 Å². The number of aromatic nitrogens is 2. The van der Waals surface area contributed by atoms with Crippen molar-refractivity contribution in [2.24, 2.45) is 0 Å². The first-order chi connectivity index (χ1) is 11.5. The van der Waals surface area contributed by atoms with Crippen LogP contribution in [0.3, 0.4) is 0 Å². The fraction of sp³-hybridized carbons (Fsp3) is 0.0625. The molecular formula is C16H9Cl2FN2O3. The molecule has 0 atom stereocenters. The first-order valence-electron chi connectivity index (χ1n) is 6.73. The van der Waals surface area contributed by atoms with Crippen LogP contribution in [0.2, 0.25) is 10.0 Å². The topological polar surface area (TPSA) is 65.2 Å². The average molecular weight is 367 g/mol.